The summed E-state index contributed by atoms with van der Waals surface area (Å²) in [5.41, 5.74) is 5.37. The van der Waals surface area contributed by atoms with Crippen molar-refractivity contribution in [1.29, 1.82) is 0 Å². The van der Waals surface area contributed by atoms with Gasteiger partial charge in [0.2, 0.25) is 5.91 Å². The number of carbonyl (C=O) groups is 2. The summed E-state index contributed by atoms with van der Waals surface area (Å²) in [5, 5.41) is 2.72. The quantitative estimate of drug-likeness (QED) is 0.433. The van der Waals surface area contributed by atoms with Crippen LogP contribution in [0.4, 0.5) is 0 Å². The fourth-order valence-electron chi connectivity index (χ4n) is 1.43. The second-order valence-electron chi connectivity index (χ2n) is 4.27. The minimum atomic E-state index is -0.291. The zero-order valence-corrected chi connectivity index (χ0v) is 11.4. The Morgan fingerprint density at radius 3 is 2.50 bits per heavy atom. The van der Waals surface area contributed by atoms with E-state index in [-0.39, 0.29) is 24.7 Å². The number of ether oxygens (including phenoxy) is 1. The van der Waals surface area contributed by atoms with E-state index >= 15 is 0 Å². The van der Waals surface area contributed by atoms with Gasteiger partial charge in [-0.3, -0.25) is 9.59 Å². The topological polar surface area (TPSA) is 81.4 Å². The van der Waals surface area contributed by atoms with Gasteiger partial charge in [-0.25, -0.2) is 0 Å². The van der Waals surface area contributed by atoms with Gasteiger partial charge in [-0.15, -0.1) is 0 Å². The first-order chi connectivity index (χ1) is 8.70. The molecule has 0 aromatic rings. The Labute approximate surface area is 109 Å². The number of carbonyl (C=O) groups excluding carboxylic acids is 2. The van der Waals surface area contributed by atoms with E-state index in [9.17, 15) is 9.59 Å². The lowest BCUT2D eigenvalue weighted by molar-refractivity contribution is -0.145. The fraction of sp³-hybridized carbons (Fsp3) is 0.846. The lowest BCUT2D eigenvalue weighted by Gasteiger charge is -2.05. The lowest BCUT2D eigenvalue weighted by Crippen LogP contribution is -2.24. The molecule has 106 valence electrons. The van der Waals surface area contributed by atoms with Gasteiger partial charge in [-0.05, 0) is 25.8 Å². The van der Waals surface area contributed by atoms with E-state index in [0.29, 0.717) is 19.7 Å². The molecule has 0 aliphatic heterocycles. The zero-order valence-electron chi connectivity index (χ0n) is 11.4. The van der Waals surface area contributed by atoms with Crippen molar-refractivity contribution in [3.63, 3.8) is 0 Å². The number of nitrogens with two attached hydrogens (primary N) is 1. The highest BCUT2D eigenvalue weighted by molar-refractivity contribution is 5.81. The second kappa shape index (κ2) is 12.4. The molecule has 0 spiro atoms. The highest BCUT2D eigenvalue weighted by Gasteiger charge is 2.06. The molecule has 1 amide bonds. The highest BCUT2D eigenvalue weighted by Crippen LogP contribution is 2.00. The van der Waals surface area contributed by atoms with Gasteiger partial charge in [0.05, 0.1) is 13.0 Å². The van der Waals surface area contributed by atoms with Crippen LogP contribution in [0.2, 0.25) is 0 Å². The Balaban J connectivity index is 3.34. The molecule has 0 atom stereocenters. The molecule has 0 aliphatic carbocycles. The maximum Gasteiger partial charge on any atom is 0.306 e. The van der Waals surface area contributed by atoms with E-state index in [4.69, 9.17) is 10.5 Å². The van der Waals surface area contributed by atoms with Crippen LogP contribution in [-0.4, -0.2) is 31.6 Å². The van der Waals surface area contributed by atoms with Crippen LogP contribution in [-0.2, 0) is 14.3 Å². The molecule has 0 heterocycles. The summed E-state index contributed by atoms with van der Waals surface area (Å²) in [6.45, 7) is 3.81. The van der Waals surface area contributed by atoms with Crippen LogP contribution in [0.5, 0.6) is 0 Å². The number of amides is 1. The molecular weight excluding hydrogens is 232 g/mol. The van der Waals surface area contributed by atoms with E-state index in [2.05, 4.69) is 5.32 Å². The van der Waals surface area contributed by atoms with E-state index in [1.54, 1.807) is 0 Å². The van der Waals surface area contributed by atoms with Crippen LogP contribution in [0, 0.1) is 0 Å². The predicted octanol–water partition coefficient (Wildman–Crippen LogP) is 1.36. The summed E-state index contributed by atoms with van der Waals surface area (Å²) in [6, 6.07) is 0. The van der Waals surface area contributed by atoms with Crippen molar-refractivity contribution in [2.75, 3.05) is 19.7 Å². The molecule has 0 fully saturated rings. The molecule has 0 saturated carbocycles. The Bertz CT molecular complexity index is 232. The second-order valence-corrected chi connectivity index (χ2v) is 4.27. The van der Waals surface area contributed by atoms with Gasteiger partial charge < -0.3 is 15.8 Å². The van der Waals surface area contributed by atoms with Crippen molar-refractivity contribution in [1.82, 2.24) is 5.32 Å². The molecule has 5 heteroatoms. The molecule has 0 unspecified atom stereocenters. The van der Waals surface area contributed by atoms with Crippen LogP contribution >= 0.6 is 0 Å². The number of hydrogen-bond donors (Lipinski definition) is 2. The number of hydrogen-bond acceptors (Lipinski definition) is 4. The molecule has 5 nitrogen and oxygen atoms in total. The number of rotatable bonds is 11. The van der Waals surface area contributed by atoms with Crippen LogP contribution in [0.3, 0.4) is 0 Å². The minimum absolute atomic E-state index is 0.0863. The summed E-state index contributed by atoms with van der Waals surface area (Å²) in [6.07, 6.45) is 5.28. The largest absolute Gasteiger partial charge is 0.466 e. The first-order valence-electron chi connectivity index (χ1n) is 6.83. The predicted molar refractivity (Wildman–Crippen MR) is 71.0 cm³/mol. The molecule has 3 N–H and O–H groups in total. The van der Waals surface area contributed by atoms with Gasteiger partial charge in [0.25, 0.3) is 0 Å². The normalized spacial score (nSPS) is 10.1. The van der Waals surface area contributed by atoms with Gasteiger partial charge >= 0.3 is 5.97 Å². The molecule has 0 saturated heterocycles. The SMILES string of the molecule is CCCNC(=O)CCC(=O)OCCCCCCN. The van der Waals surface area contributed by atoms with Crippen molar-refractivity contribution in [3.05, 3.63) is 0 Å². The van der Waals surface area contributed by atoms with Gasteiger partial charge in [0, 0.05) is 13.0 Å². The maximum absolute atomic E-state index is 11.3. The Morgan fingerprint density at radius 2 is 1.83 bits per heavy atom. The Morgan fingerprint density at radius 1 is 1.11 bits per heavy atom. The van der Waals surface area contributed by atoms with Gasteiger partial charge in [0.1, 0.15) is 0 Å². The summed E-state index contributed by atoms with van der Waals surface area (Å²) < 4.78 is 5.03. The standard InChI is InChI=1S/C13H26N2O3/c1-2-10-15-12(16)7-8-13(17)18-11-6-4-3-5-9-14/h2-11,14H2,1H3,(H,15,16). The monoisotopic (exact) mass is 258 g/mol. The molecule has 0 rings (SSSR count). The summed E-state index contributed by atoms with van der Waals surface area (Å²) in [5.74, 6) is -0.378. The number of esters is 1. The summed E-state index contributed by atoms with van der Waals surface area (Å²) in [7, 11) is 0. The van der Waals surface area contributed by atoms with Crippen molar-refractivity contribution in [2.45, 2.75) is 51.9 Å². The van der Waals surface area contributed by atoms with Gasteiger partial charge in [0.15, 0.2) is 0 Å². The molecule has 0 bridgehead atoms. The first kappa shape index (κ1) is 16.9. The third kappa shape index (κ3) is 11.4. The van der Waals surface area contributed by atoms with E-state index < -0.39 is 0 Å². The lowest BCUT2D eigenvalue weighted by atomic mass is 10.2. The van der Waals surface area contributed by atoms with Crippen LogP contribution in [0.1, 0.15) is 51.9 Å². The average molecular weight is 258 g/mol. The van der Waals surface area contributed by atoms with Crippen LogP contribution < -0.4 is 11.1 Å². The van der Waals surface area contributed by atoms with E-state index in [0.717, 1.165) is 32.1 Å². The molecule has 18 heavy (non-hydrogen) atoms. The summed E-state index contributed by atoms with van der Waals surface area (Å²) >= 11 is 0. The van der Waals surface area contributed by atoms with E-state index in [1.807, 2.05) is 6.92 Å². The third-order valence-corrected chi connectivity index (χ3v) is 2.49. The summed E-state index contributed by atoms with van der Waals surface area (Å²) in [4.78, 5) is 22.5. The van der Waals surface area contributed by atoms with Crippen molar-refractivity contribution < 1.29 is 14.3 Å². The molecule has 0 radical (unpaired) electrons. The van der Waals surface area contributed by atoms with Crippen molar-refractivity contribution >= 4 is 11.9 Å². The minimum Gasteiger partial charge on any atom is -0.466 e. The molecule has 0 aromatic carbocycles. The maximum atomic E-state index is 11.3. The van der Waals surface area contributed by atoms with Gasteiger partial charge in [-0.2, -0.15) is 0 Å². The smallest absolute Gasteiger partial charge is 0.306 e. The molecule has 0 aromatic heterocycles. The first-order valence-corrected chi connectivity index (χ1v) is 6.83. The van der Waals surface area contributed by atoms with Crippen molar-refractivity contribution in [2.24, 2.45) is 5.73 Å². The highest BCUT2D eigenvalue weighted by atomic mass is 16.5. The zero-order chi connectivity index (χ0) is 13.6. The Kier molecular flexibility index (Phi) is 11.6. The molecular formula is C13H26N2O3. The van der Waals surface area contributed by atoms with Gasteiger partial charge in [-0.1, -0.05) is 19.8 Å². The van der Waals surface area contributed by atoms with Crippen molar-refractivity contribution in [3.8, 4) is 0 Å². The average Bonchev–Trinajstić information content (AvgIpc) is 2.38. The number of nitrogens with one attached hydrogen (secondary N) is 1. The third-order valence-electron chi connectivity index (χ3n) is 2.49. The fourth-order valence-corrected chi connectivity index (χ4v) is 1.43. The number of unbranched alkanes of at least 4 members (excludes halogenated alkanes) is 3. The van der Waals surface area contributed by atoms with Crippen LogP contribution in [0.15, 0.2) is 0 Å². The molecule has 0 aliphatic rings. The Hall–Kier alpha value is -1.10. The van der Waals surface area contributed by atoms with E-state index in [1.165, 1.54) is 0 Å². The van der Waals surface area contributed by atoms with Crippen LogP contribution in [0.25, 0.3) is 0 Å².